The molecule has 2 unspecified atom stereocenters. The number of hydrogen-bond donors (Lipinski definition) is 1. The lowest BCUT2D eigenvalue weighted by molar-refractivity contribution is -0.143. The highest BCUT2D eigenvalue weighted by molar-refractivity contribution is 6.02. The number of amides is 1. The molecule has 2 aromatic heterocycles. The van der Waals surface area contributed by atoms with Crippen LogP contribution >= 0.6 is 0 Å². The zero-order valence-corrected chi connectivity index (χ0v) is 23.9. The van der Waals surface area contributed by atoms with Crippen molar-refractivity contribution in [3.8, 4) is 22.3 Å². The van der Waals surface area contributed by atoms with E-state index in [1.165, 1.54) is 5.56 Å². The Balaban J connectivity index is 1.14. The van der Waals surface area contributed by atoms with Crippen molar-refractivity contribution in [1.82, 2.24) is 4.90 Å². The lowest BCUT2D eigenvalue weighted by Crippen LogP contribution is -2.54. The topological polar surface area (TPSA) is 83.9 Å². The van der Waals surface area contributed by atoms with E-state index in [2.05, 4.69) is 36.4 Å². The van der Waals surface area contributed by atoms with Gasteiger partial charge in [-0.25, -0.2) is 4.79 Å². The fraction of sp³-hybridized carbons (Fsp3) is 0.333. The molecular weight excluding hydrogens is 526 g/mol. The summed E-state index contributed by atoms with van der Waals surface area (Å²) in [6.45, 7) is 3.11. The molecule has 1 N–H and O–H groups in total. The monoisotopic (exact) mass is 561 g/mol. The largest absolute Gasteiger partial charge is 0.464 e. The third-order valence-electron chi connectivity index (χ3n) is 9.65. The molecule has 2 aliphatic rings. The van der Waals surface area contributed by atoms with Crippen molar-refractivity contribution < 1.29 is 18.7 Å². The van der Waals surface area contributed by atoms with Crippen molar-refractivity contribution in [2.45, 2.75) is 57.5 Å². The number of aliphatic hydroxyl groups is 1. The Bertz CT molecular complexity index is 1830. The van der Waals surface area contributed by atoms with E-state index < -0.39 is 11.2 Å². The number of furan rings is 1. The highest BCUT2D eigenvalue weighted by Gasteiger charge is 2.43. The number of hydrogen-bond acceptors (Lipinski definition) is 5. The van der Waals surface area contributed by atoms with E-state index in [1.54, 1.807) is 12.3 Å². The quantitative estimate of drug-likeness (QED) is 0.228. The van der Waals surface area contributed by atoms with E-state index in [9.17, 15) is 14.7 Å². The van der Waals surface area contributed by atoms with Gasteiger partial charge < -0.3 is 18.8 Å². The highest BCUT2D eigenvalue weighted by atomic mass is 16.4. The Morgan fingerprint density at radius 1 is 0.952 bits per heavy atom. The summed E-state index contributed by atoms with van der Waals surface area (Å²) in [5, 5.41) is 12.8. The molecule has 7 rings (SSSR count). The number of aryl methyl sites for hydroxylation is 1. The third kappa shape index (κ3) is 4.74. The maximum atomic E-state index is 13.2. The molecular formula is C36H35NO5. The zero-order valence-electron chi connectivity index (χ0n) is 23.9. The summed E-state index contributed by atoms with van der Waals surface area (Å²) in [6.07, 6.45) is 6.93. The number of rotatable bonds is 5. The Labute approximate surface area is 244 Å². The first-order chi connectivity index (χ1) is 20.4. The molecule has 42 heavy (non-hydrogen) atoms. The summed E-state index contributed by atoms with van der Waals surface area (Å²) >= 11 is 0. The van der Waals surface area contributed by atoms with E-state index in [0.29, 0.717) is 42.7 Å². The van der Waals surface area contributed by atoms with Crippen LogP contribution in [-0.4, -0.2) is 34.6 Å². The fourth-order valence-electron chi connectivity index (χ4n) is 7.08. The Hall–Kier alpha value is -4.16. The predicted molar refractivity (Wildman–Crippen MR) is 164 cm³/mol. The molecule has 1 saturated carbocycles. The van der Waals surface area contributed by atoms with E-state index in [1.807, 2.05) is 36.1 Å². The normalized spacial score (nSPS) is 20.6. The molecule has 1 saturated heterocycles. The minimum Gasteiger partial charge on any atom is -0.464 e. The number of carbonyl (C=O) groups is 1. The number of fused-ring (bicyclic) bond motifs is 3. The predicted octanol–water partition coefficient (Wildman–Crippen LogP) is 7.27. The van der Waals surface area contributed by atoms with Crippen molar-refractivity contribution in [2.24, 2.45) is 5.92 Å². The van der Waals surface area contributed by atoms with Gasteiger partial charge in [-0.2, -0.15) is 0 Å². The van der Waals surface area contributed by atoms with Gasteiger partial charge in [0.15, 0.2) is 0 Å². The second-order valence-electron chi connectivity index (χ2n) is 12.1. The van der Waals surface area contributed by atoms with Crippen molar-refractivity contribution >= 4 is 27.8 Å². The lowest BCUT2D eigenvalue weighted by Gasteiger charge is -2.47. The lowest BCUT2D eigenvalue weighted by atomic mass is 9.71. The van der Waals surface area contributed by atoms with Crippen LogP contribution in [0.25, 0.3) is 44.2 Å². The molecule has 0 spiro atoms. The highest BCUT2D eigenvalue weighted by Crippen LogP contribution is 2.40. The SMILES string of the molecule is Cc1c(CCC(=O)N2CCC3(O)CCCCC3C2)c(=O)oc2cc3occ(-c4ccc(-c5ccccc5)cc4)c3cc12. The van der Waals surface area contributed by atoms with Gasteiger partial charge in [-0.1, -0.05) is 67.4 Å². The van der Waals surface area contributed by atoms with Crippen LogP contribution < -0.4 is 5.63 Å². The summed E-state index contributed by atoms with van der Waals surface area (Å²) in [5.74, 6) is 0.186. The smallest absolute Gasteiger partial charge is 0.339 e. The summed E-state index contributed by atoms with van der Waals surface area (Å²) in [4.78, 5) is 28.1. The van der Waals surface area contributed by atoms with E-state index in [-0.39, 0.29) is 18.2 Å². The number of piperidine rings is 1. The van der Waals surface area contributed by atoms with Gasteiger partial charge in [0.1, 0.15) is 11.2 Å². The first kappa shape index (κ1) is 26.7. The van der Waals surface area contributed by atoms with E-state index in [0.717, 1.165) is 58.7 Å². The summed E-state index contributed by atoms with van der Waals surface area (Å²) in [7, 11) is 0. The number of carbonyl (C=O) groups excluding carboxylic acids is 1. The van der Waals surface area contributed by atoms with Crippen molar-refractivity contribution in [3.05, 3.63) is 94.5 Å². The maximum Gasteiger partial charge on any atom is 0.339 e. The Morgan fingerprint density at radius 2 is 1.71 bits per heavy atom. The molecule has 2 atom stereocenters. The van der Waals surface area contributed by atoms with Crippen molar-refractivity contribution in [3.63, 3.8) is 0 Å². The van der Waals surface area contributed by atoms with Crippen LogP contribution in [0.15, 0.2) is 86.6 Å². The Kier molecular flexibility index (Phi) is 6.74. The summed E-state index contributed by atoms with van der Waals surface area (Å²) in [5.41, 5.74) is 5.81. The first-order valence-electron chi connectivity index (χ1n) is 15.0. The van der Waals surface area contributed by atoms with Gasteiger partial charge in [0.2, 0.25) is 5.91 Å². The average Bonchev–Trinajstić information content (AvgIpc) is 3.43. The van der Waals surface area contributed by atoms with E-state index >= 15 is 0 Å². The molecule has 1 amide bonds. The van der Waals surface area contributed by atoms with Gasteiger partial charge in [-0.3, -0.25) is 4.79 Å². The van der Waals surface area contributed by atoms with Gasteiger partial charge in [-0.15, -0.1) is 0 Å². The molecule has 0 bridgehead atoms. The molecule has 2 fully saturated rings. The van der Waals surface area contributed by atoms with Gasteiger partial charge >= 0.3 is 5.63 Å². The minimum absolute atomic E-state index is 0.0352. The second kappa shape index (κ2) is 10.6. The number of benzene rings is 3. The van der Waals surface area contributed by atoms with Crippen LogP contribution in [0.5, 0.6) is 0 Å². The van der Waals surface area contributed by atoms with Crippen LogP contribution in [-0.2, 0) is 11.2 Å². The summed E-state index contributed by atoms with van der Waals surface area (Å²) in [6, 6.07) is 22.5. The molecule has 214 valence electrons. The fourth-order valence-corrected chi connectivity index (χ4v) is 7.08. The molecule has 1 aliphatic heterocycles. The van der Waals surface area contributed by atoms with Crippen LogP contribution in [0, 0.1) is 12.8 Å². The zero-order chi connectivity index (χ0) is 28.8. The van der Waals surface area contributed by atoms with Gasteiger partial charge in [0.05, 0.1) is 11.9 Å². The third-order valence-corrected chi connectivity index (χ3v) is 9.65. The van der Waals surface area contributed by atoms with Gasteiger partial charge in [0, 0.05) is 53.4 Å². The van der Waals surface area contributed by atoms with Gasteiger partial charge in [0.25, 0.3) is 0 Å². The molecule has 6 heteroatoms. The number of likely N-dealkylation sites (tertiary alicyclic amines) is 1. The molecule has 6 nitrogen and oxygen atoms in total. The van der Waals surface area contributed by atoms with Crippen molar-refractivity contribution in [2.75, 3.05) is 13.1 Å². The molecule has 5 aromatic rings. The molecule has 3 aromatic carbocycles. The maximum absolute atomic E-state index is 13.2. The molecule has 1 aliphatic carbocycles. The second-order valence-corrected chi connectivity index (χ2v) is 12.1. The van der Waals surface area contributed by atoms with E-state index in [4.69, 9.17) is 8.83 Å². The Morgan fingerprint density at radius 3 is 2.52 bits per heavy atom. The molecule has 0 radical (unpaired) electrons. The van der Waals surface area contributed by atoms with Crippen LogP contribution in [0.4, 0.5) is 0 Å². The first-order valence-corrected chi connectivity index (χ1v) is 15.0. The van der Waals surface area contributed by atoms with Crippen LogP contribution in [0.1, 0.15) is 49.7 Å². The number of nitrogens with zero attached hydrogens (tertiary/aromatic N) is 1. The molecule has 3 heterocycles. The standard InChI is InChI=1S/C36H35NO5/c1-23-28(14-15-34(38)37-18-17-36(40)16-6-5-9-27(36)21-37)35(39)42-33-20-32-30(19-29(23)33)31(22-41-32)26-12-10-25(11-13-26)24-7-3-2-4-8-24/h2-4,7-8,10-13,19-20,22,27,40H,5-6,9,14-18,21H2,1H3. The van der Waals surface area contributed by atoms with Gasteiger partial charge in [-0.05, 0) is 60.9 Å². The van der Waals surface area contributed by atoms with Crippen molar-refractivity contribution in [1.29, 1.82) is 0 Å². The van der Waals surface area contributed by atoms with Crippen LogP contribution in [0.2, 0.25) is 0 Å². The average molecular weight is 562 g/mol. The summed E-state index contributed by atoms with van der Waals surface area (Å²) < 4.78 is 11.6. The van der Waals surface area contributed by atoms with Crippen LogP contribution in [0.3, 0.4) is 0 Å². The minimum atomic E-state index is -0.619.